The van der Waals surface area contributed by atoms with Crippen molar-refractivity contribution in [1.29, 1.82) is 0 Å². The lowest BCUT2D eigenvalue weighted by Crippen LogP contribution is -1.93. The number of allylic oxidation sites excluding steroid dienone is 1. The summed E-state index contributed by atoms with van der Waals surface area (Å²) >= 11 is 5.45. The van der Waals surface area contributed by atoms with Crippen molar-refractivity contribution in [1.82, 2.24) is 0 Å². The van der Waals surface area contributed by atoms with Crippen molar-refractivity contribution in [2.24, 2.45) is 0 Å². The second-order valence-corrected chi connectivity index (χ2v) is 5.41. The molecular formula is C13H26ClO3P. The standard InChI is InChI=1S/C13H26ClO3P/c1-2-3-4-5-6-7-9-12-16-18(15)17-13-10-8-11-14/h8,10,15H,2-7,9,11-13H2,1H3/b10-8-. The highest BCUT2D eigenvalue weighted by molar-refractivity contribution is 7.40. The monoisotopic (exact) mass is 296 g/mol. The van der Waals surface area contributed by atoms with E-state index in [2.05, 4.69) is 6.92 Å². The second kappa shape index (κ2) is 15.4. The third-order valence-electron chi connectivity index (χ3n) is 2.49. The van der Waals surface area contributed by atoms with E-state index in [9.17, 15) is 4.89 Å². The molecule has 0 aliphatic heterocycles. The molecule has 0 aliphatic rings. The Labute approximate surface area is 118 Å². The lowest BCUT2D eigenvalue weighted by atomic mass is 10.1. The summed E-state index contributed by atoms with van der Waals surface area (Å²) in [5, 5.41) is 0. The SMILES string of the molecule is CCCCCCCCCOP(O)OC/C=C\CCl. The van der Waals surface area contributed by atoms with Crippen LogP contribution in [0.15, 0.2) is 12.2 Å². The smallest absolute Gasteiger partial charge is 0.328 e. The summed E-state index contributed by atoms with van der Waals surface area (Å²) in [6.07, 6.45) is 12.2. The largest absolute Gasteiger partial charge is 0.330 e. The number of hydrogen-bond acceptors (Lipinski definition) is 3. The molecule has 3 nitrogen and oxygen atoms in total. The van der Waals surface area contributed by atoms with Crippen molar-refractivity contribution in [2.75, 3.05) is 19.1 Å². The molecule has 108 valence electrons. The quantitative estimate of drug-likeness (QED) is 0.230. The zero-order valence-electron chi connectivity index (χ0n) is 11.3. The van der Waals surface area contributed by atoms with Gasteiger partial charge >= 0.3 is 8.60 Å². The molecule has 0 aromatic carbocycles. The highest BCUT2D eigenvalue weighted by Gasteiger charge is 2.04. The van der Waals surface area contributed by atoms with Crippen molar-refractivity contribution in [2.45, 2.75) is 51.9 Å². The van der Waals surface area contributed by atoms with Gasteiger partial charge < -0.3 is 13.9 Å². The third-order valence-corrected chi connectivity index (χ3v) is 3.44. The molecule has 0 rings (SSSR count). The van der Waals surface area contributed by atoms with Gasteiger partial charge in [0.1, 0.15) is 0 Å². The number of unbranched alkanes of at least 4 members (excludes halogenated alkanes) is 6. The molecule has 0 heterocycles. The van der Waals surface area contributed by atoms with E-state index >= 15 is 0 Å². The van der Waals surface area contributed by atoms with E-state index < -0.39 is 8.60 Å². The number of rotatable bonds is 13. The average molecular weight is 297 g/mol. The summed E-state index contributed by atoms with van der Waals surface area (Å²) in [5.41, 5.74) is 0. The fraction of sp³-hybridized carbons (Fsp3) is 0.846. The molecule has 0 amide bonds. The summed E-state index contributed by atoms with van der Waals surface area (Å²) in [7, 11) is -1.72. The van der Waals surface area contributed by atoms with Gasteiger partial charge in [0.2, 0.25) is 0 Å². The van der Waals surface area contributed by atoms with E-state index in [1.165, 1.54) is 38.5 Å². The Balaban J connectivity index is 3.15. The van der Waals surface area contributed by atoms with E-state index in [1.54, 1.807) is 12.2 Å². The van der Waals surface area contributed by atoms with Gasteiger partial charge in [0.15, 0.2) is 0 Å². The van der Waals surface area contributed by atoms with Crippen molar-refractivity contribution in [3.05, 3.63) is 12.2 Å². The van der Waals surface area contributed by atoms with Gasteiger partial charge in [-0.05, 0) is 6.42 Å². The Morgan fingerprint density at radius 1 is 1.00 bits per heavy atom. The molecule has 0 fully saturated rings. The highest BCUT2D eigenvalue weighted by atomic mass is 35.5. The van der Waals surface area contributed by atoms with Crippen LogP contribution in [0.5, 0.6) is 0 Å². The molecule has 0 radical (unpaired) electrons. The molecule has 1 unspecified atom stereocenters. The lowest BCUT2D eigenvalue weighted by molar-refractivity contribution is 0.210. The fourth-order valence-corrected chi connectivity index (χ4v) is 2.18. The van der Waals surface area contributed by atoms with Gasteiger partial charge in [0.25, 0.3) is 0 Å². The minimum atomic E-state index is -1.72. The maximum atomic E-state index is 9.37. The molecule has 0 aromatic rings. The Hall–Kier alpha value is 0.340. The maximum absolute atomic E-state index is 9.37. The molecular weight excluding hydrogens is 271 g/mol. The number of alkyl halides is 1. The molecule has 0 saturated carbocycles. The van der Waals surface area contributed by atoms with Crippen LogP contribution in [0.2, 0.25) is 0 Å². The van der Waals surface area contributed by atoms with Crippen LogP contribution < -0.4 is 0 Å². The molecule has 1 atom stereocenters. The molecule has 5 heteroatoms. The summed E-state index contributed by atoms with van der Waals surface area (Å²) in [4.78, 5) is 9.37. The molecule has 0 spiro atoms. The van der Waals surface area contributed by atoms with Crippen LogP contribution in [0, 0.1) is 0 Å². The van der Waals surface area contributed by atoms with Crippen molar-refractivity contribution in [3.8, 4) is 0 Å². The molecule has 0 aromatic heterocycles. The van der Waals surface area contributed by atoms with Crippen LogP contribution in [-0.2, 0) is 9.05 Å². The van der Waals surface area contributed by atoms with E-state index in [0.29, 0.717) is 19.1 Å². The van der Waals surface area contributed by atoms with Crippen LogP contribution in [0.25, 0.3) is 0 Å². The molecule has 1 N–H and O–H groups in total. The van der Waals surface area contributed by atoms with Gasteiger partial charge in [-0.3, -0.25) is 0 Å². The van der Waals surface area contributed by atoms with E-state index in [1.807, 2.05) is 0 Å². The summed E-state index contributed by atoms with van der Waals surface area (Å²) in [6.45, 7) is 3.15. The second-order valence-electron chi connectivity index (χ2n) is 4.11. The van der Waals surface area contributed by atoms with Crippen molar-refractivity contribution < 1.29 is 13.9 Å². The van der Waals surface area contributed by atoms with Crippen molar-refractivity contribution in [3.63, 3.8) is 0 Å². The average Bonchev–Trinajstić information content (AvgIpc) is 2.38. The first kappa shape index (κ1) is 18.3. The van der Waals surface area contributed by atoms with Gasteiger partial charge in [-0.15, -0.1) is 11.6 Å². The van der Waals surface area contributed by atoms with Gasteiger partial charge in [-0.2, -0.15) is 0 Å². The zero-order valence-corrected chi connectivity index (χ0v) is 13.0. The topological polar surface area (TPSA) is 38.7 Å². The molecule has 0 bridgehead atoms. The number of halogens is 1. The Kier molecular flexibility index (Phi) is 15.7. The molecule has 0 saturated heterocycles. The highest BCUT2D eigenvalue weighted by Crippen LogP contribution is 2.32. The van der Waals surface area contributed by atoms with Crippen LogP contribution in [0.1, 0.15) is 51.9 Å². The Morgan fingerprint density at radius 2 is 1.67 bits per heavy atom. The lowest BCUT2D eigenvalue weighted by Gasteiger charge is -2.09. The molecule has 18 heavy (non-hydrogen) atoms. The third kappa shape index (κ3) is 14.4. The van der Waals surface area contributed by atoms with Crippen LogP contribution in [0.3, 0.4) is 0 Å². The molecule has 0 aliphatic carbocycles. The maximum Gasteiger partial charge on any atom is 0.330 e. The van der Waals surface area contributed by atoms with E-state index in [4.69, 9.17) is 20.6 Å². The fourth-order valence-electron chi connectivity index (χ4n) is 1.48. The minimum absolute atomic E-state index is 0.353. The predicted octanol–water partition coefficient (Wildman–Crippen LogP) is 4.78. The zero-order chi connectivity index (χ0) is 13.5. The number of hydrogen-bond donors (Lipinski definition) is 1. The van der Waals surface area contributed by atoms with E-state index in [-0.39, 0.29) is 0 Å². The van der Waals surface area contributed by atoms with Gasteiger partial charge in [-0.25, -0.2) is 0 Å². The van der Waals surface area contributed by atoms with E-state index in [0.717, 1.165) is 6.42 Å². The van der Waals surface area contributed by atoms with Crippen LogP contribution in [-0.4, -0.2) is 24.0 Å². The summed E-state index contributed by atoms with van der Waals surface area (Å²) in [5.74, 6) is 0.464. The van der Waals surface area contributed by atoms with Gasteiger partial charge in [0.05, 0.1) is 13.2 Å². The van der Waals surface area contributed by atoms with Crippen molar-refractivity contribution >= 4 is 20.2 Å². The first-order valence-electron chi connectivity index (χ1n) is 6.77. The summed E-state index contributed by atoms with van der Waals surface area (Å²) in [6, 6.07) is 0. The van der Waals surface area contributed by atoms with Gasteiger partial charge in [0, 0.05) is 5.88 Å². The normalized spacial score (nSPS) is 13.3. The minimum Gasteiger partial charge on any atom is -0.328 e. The summed E-state index contributed by atoms with van der Waals surface area (Å²) < 4.78 is 10.2. The first-order valence-corrected chi connectivity index (χ1v) is 8.43. The van der Waals surface area contributed by atoms with Gasteiger partial charge in [-0.1, -0.05) is 57.6 Å². The predicted molar refractivity (Wildman–Crippen MR) is 78.9 cm³/mol. The Bertz CT molecular complexity index is 191. The van der Waals surface area contributed by atoms with Crippen LogP contribution >= 0.6 is 20.2 Å². The Morgan fingerprint density at radius 3 is 2.33 bits per heavy atom. The van der Waals surface area contributed by atoms with Crippen LogP contribution in [0.4, 0.5) is 0 Å². The first-order chi connectivity index (χ1) is 8.81.